The van der Waals surface area contributed by atoms with Crippen LogP contribution in [0.15, 0.2) is 0 Å². The number of esters is 1. The number of halogens is 3. The zero-order valence-corrected chi connectivity index (χ0v) is 13.7. The van der Waals surface area contributed by atoms with Crippen LogP contribution in [0.25, 0.3) is 0 Å². The number of ether oxygens (including phenoxy) is 1. The van der Waals surface area contributed by atoms with Gasteiger partial charge in [0.25, 0.3) is 11.1 Å². The van der Waals surface area contributed by atoms with Gasteiger partial charge in [0.1, 0.15) is 10.0 Å². The van der Waals surface area contributed by atoms with E-state index in [4.69, 9.17) is 45.3 Å². The molecule has 0 aromatic carbocycles. The lowest BCUT2D eigenvalue weighted by Crippen LogP contribution is -2.37. The monoisotopic (exact) mass is 354 g/mol. The van der Waals surface area contributed by atoms with Crippen LogP contribution in [0.4, 0.5) is 5.69 Å². The minimum Gasteiger partial charge on any atom is -0.445 e. The third-order valence-corrected chi connectivity index (χ3v) is 3.69. The molecule has 116 valence electrons. The second kappa shape index (κ2) is 7.68. The van der Waals surface area contributed by atoms with Gasteiger partial charge in [0.15, 0.2) is 6.10 Å². The SMILES string of the molecule is CCCNC(=O)[C@@H](C)OC(=O)c1[nH+]c(Cl)c(Cl)c(N)c1Cl. The van der Waals surface area contributed by atoms with E-state index >= 15 is 0 Å². The molecule has 1 aromatic heterocycles. The summed E-state index contributed by atoms with van der Waals surface area (Å²) in [5, 5.41) is 2.45. The first kappa shape index (κ1) is 17.8. The summed E-state index contributed by atoms with van der Waals surface area (Å²) in [6.45, 7) is 3.84. The van der Waals surface area contributed by atoms with E-state index in [-0.39, 0.29) is 26.6 Å². The molecule has 0 aliphatic rings. The van der Waals surface area contributed by atoms with Crippen molar-refractivity contribution in [2.45, 2.75) is 26.4 Å². The molecule has 1 amide bonds. The van der Waals surface area contributed by atoms with E-state index in [0.717, 1.165) is 6.42 Å². The van der Waals surface area contributed by atoms with E-state index in [2.05, 4.69) is 10.3 Å². The van der Waals surface area contributed by atoms with Gasteiger partial charge in [-0.3, -0.25) is 4.79 Å². The van der Waals surface area contributed by atoms with Crippen molar-refractivity contribution in [3.8, 4) is 0 Å². The first-order valence-corrected chi connectivity index (χ1v) is 7.26. The summed E-state index contributed by atoms with van der Waals surface area (Å²) in [5.41, 5.74) is 5.41. The average Bonchev–Trinajstić information content (AvgIpc) is 2.45. The molecule has 21 heavy (non-hydrogen) atoms. The number of rotatable bonds is 5. The molecule has 1 heterocycles. The molecule has 0 saturated carbocycles. The number of pyridine rings is 1. The van der Waals surface area contributed by atoms with Gasteiger partial charge >= 0.3 is 11.7 Å². The normalized spacial score (nSPS) is 11.9. The van der Waals surface area contributed by atoms with Gasteiger partial charge in [-0.2, -0.15) is 4.98 Å². The maximum absolute atomic E-state index is 12.0. The highest BCUT2D eigenvalue weighted by Crippen LogP contribution is 2.32. The number of nitrogen functional groups attached to an aromatic ring is 1. The Bertz CT molecular complexity index is 566. The van der Waals surface area contributed by atoms with Gasteiger partial charge in [-0.25, -0.2) is 4.79 Å². The van der Waals surface area contributed by atoms with Crippen molar-refractivity contribution in [2.75, 3.05) is 12.3 Å². The molecule has 1 atom stereocenters. The fourth-order valence-electron chi connectivity index (χ4n) is 1.37. The van der Waals surface area contributed by atoms with E-state index in [1.807, 2.05) is 6.92 Å². The van der Waals surface area contributed by atoms with E-state index < -0.39 is 18.0 Å². The molecule has 0 radical (unpaired) electrons. The Morgan fingerprint density at radius 1 is 1.33 bits per heavy atom. The molecular formula is C12H15Cl3N3O3+. The Labute approximate surface area is 136 Å². The van der Waals surface area contributed by atoms with Crippen LogP contribution >= 0.6 is 34.8 Å². The molecule has 0 aliphatic carbocycles. The van der Waals surface area contributed by atoms with Crippen LogP contribution in [0.2, 0.25) is 15.2 Å². The summed E-state index contributed by atoms with van der Waals surface area (Å²) < 4.78 is 5.00. The lowest BCUT2D eigenvalue weighted by Gasteiger charge is -2.12. The zero-order valence-electron chi connectivity index (χ0n) is 11.4. The molecule has 0 spiro atoms. The Morgan fingerprint density at radius 3 is 2.52 bits per heavy atom. The van der Waals surface area contributed by atoms with Crippen LogP contribution in [0.5, 0.6) is 0 Å². The maximum Gasteiger partial charge on any atom is 0.406 e. The summed E-state index contributed by atoms with van der Waals surface area (Å²) in [7, 11) is 0. The first-order valence-electron chi connectivity index (χ1n) is 6.13. The molecule has 1 aromatic rings. The van der Waals surface area contributed by atoms with Gasteiger partial charge in [-0.1, -0.05) is 30.1 Å². The number of hydrogen-bond donors (Lipinski definition) is 2. The maximum atomic E-state index is 12.0. The van der Waals surface area contributed by atoms with Crippen LogP contribution in [0.3, 0.4) is 0 Å². The lowest BCUT2D eigenvalue weighted by atomic mass is 10.3. The van der Waals surface area contributed by atoms with Crippen molar-refractivity contribution < 1.29 is 19.3 Å². The number of nitrogens with one attached hydrogen (secondary N) is 2. The summed E-state index contributed by atoms with van der Waals surface area (Å²) >= 11 is 17.5. The van der Waals surface area contributed by atoms with Crippen LogP contribution < -0.4 is 16.0 Å². The molecule has 1 rings (SSSR count). The van der Waals surface area contributed by atoms with E-state index in [9.17, 15) is 9.59 Å². The van der Waals surface area contributed by atoms with Crippen molar-refractivity contribution in [3.05, 3.63) is 20.9 Å². The van der Waals surface area contributed by atoms with E-state index in [1.165, 1.54) is 6.92 Å². The van der Waals surface area contributed by atoms with E-state index in [1.54, 1.807) is 0 Å². The number of hydrogen-bond acceptors (Lipinski definition) is 4. The van der Waals surface area contributed by atoms with Gasteiger partial charge in [0, 0.05) is 6.54 Å². The lowest BCUT2D eigenvalue weighted by molar-refractivity contribution is -0.380. The Kier molecular flexibility index (Phi) is 6.51. The fraction of sp³-hybridized carbons (Fsp3) is 0.417. The van der Waals surface area contributed by atoms with Crippen LogP contribution in [-0.2, 0) is 9.53 Å². The second-order valence-electron chi connectivity index (χ2n) is 4.19. The zero-order chi connectivity index (χ0) is 16.2. The third-order valence-electron chi connectivity index (χ3n) is 2.53. The van der Waals surface area contributed by atoms with Gasteiger partial charge in [-0.15, -0.1) is 0 Å². The molecule has 0 fully saturated rings. The Morgan fingerprint density at radius 2 is 1.95 bits per heavy atom. The average molecular weight is 356 g/mol. The largest absolute Gasteiger partial charge is 0.445 e. The number of aromatic amines is 1. The van der Waals surface area contributed by atoms with Crippen molar-refractivity contribution in [3.63, 3.8) is 0 Å². The van der Waals surface area contributed by atoms with Gasteiger partial charge in [0.05, 0.1) is 5.69 Å². The highest BCUT2D eigenvalue weighted by atomic mass is 35.5. The van der Waals surface area contributed by atoms with Gasteiger partial charge in [-0.05, 0) is 24.9 Å². The molecule has 0 aliphatic heterocycles. The quantitative estimate of drug-likeness (QED) is 0.624. The van der Waals surface area contributed by atoms with E-state index in [0.29, 0.717) is 6.54 Å². The first-order chi connectivity index (χ1) is 9.79. The number of carbonyl (C=O) groups is 2. The third kappa shape index (κ3) is 4.36. The topological polar surface area (TPSA) is 95.6 Å². The molecule has 0 unspecified atom stereocenters. The number of aromatic nitrogens is 1. The number of carbonyl (C=O) groups excluding carboxylic acids is 2. The van der Waals surface area contributed by atoms with Crippen LogP contribution in [-0.4, -0.2) is 24.5 Å². The number of amides is 1. The molecule has 0 bridgehead atoms. The fourth-order valence-corrected chi connectivity index (χ4v) is 1.98. The summed E-state index contributed by atoms with van der Waals surface area (Å²) in [6, 6.07) is 0. The Balaban J connectivity index is 2.88. The molecule has 6 nitrogen and oxygen atoms in total. The minimum absolute atomic E-state index is 0.00644. The highest BCUT2D eigenvalue weighted by molar-refractivity contribution is 6.45. The minimum atomic E-state index is -0.982. The van der Waals surface area contributed by atoms with Crippen LogP contribution in [0, 0.1) is 0 Å². The smallest absolute Gasteiger partial charge is 0.406 e. The summed E-state index contributed by atoms with van der Waals surface area (Å²) in [6.07, 6.45) is -0.209. The van der Waals surface area contributed by atoms with Gasteiger partial charge in [0.2, 0.25) is 0 Å². The Hall–Kier alpha value is -1.24. The predicted molar refractivity (Wildman–Crippen MR) is 80.6 cm³/mol. The summed E-state index contributed by atoms with van der Waals surface area (Å²) in [4.78, 5) is 26.1. The summed E-state index contributed by atoms with van der Waals surface area (Å²) in [5.74, 6) is -1.27. The van der Waals surface area contributed by atoms with Crippen molar-refractivity contribution in [2.24, 2.45) is 0 Å². The molecule has 0 saturated heterocycles. The highest BCUT2D eigenvalue weighted by Gasteiger charge is 2.29. The van der Waals surface area contributed by atoms with Crippen LogP contribution in [0.1, 0.15) is 30.8 Å². The van der Waals surface area contributed by atoms with Crippen molar-refractivity contribution in [1.82, 2.24) is 5.32 Å². The van der Waals surface area contributed by atoms with Gasteiger partial charge < -0.3 is 15.8 Å². The molecule has 4 N–H and O–H groups in total. The predicted octanol–water partition coefficient (Wildman–Crippen LogP) is 2.11. The van der Waals surface area contributed by atoms with Crippen molar-refractivity contribution >= 4 is 52.4 Å². The number of H-pyrrole nitrogens is 1. The number of nitrogens with two attached hydrogens (primary N) is 1. The standard InChI is InChI=1S/C12H14Cl3N3O3/c1-3-4-17-11(19)5(2)21-12(20)9-6(13)8(16)7(14)10(15)18-9/h5H,3-4H2,1-2H3,(H2,16,18)(H,17,19)/p+1/t5-/m1/s1. The molecular weight excluding hydrogens is 341 g/mol. The second-order valence-corrected chi connectivity index (χ2v) is 5.33. The number of anilines is 1. The molecule has 9 heteroatoms. The van der Waals surface area contributed by atoms with Crippen molar-refractivity contribution in [1.29, 1.82) is 0 Å².